The van der Waals surface area contributed by atoms with Crippen LogP contribution in [0.3, 0.4) is 0 Å². The Morgan fingerprint density at radius 1 is 1.28 bits per heavy atom. The van der Waals surface area contributed by atoms with Gasteiger partial charge in [0.05, 0.1) is 22.5 Å². The monoisotopic (exact) mass is 355 g/mol. The third-order valence-corrected chi connectivity index (χ3v) is 4.25. The molecule has 0 amide bonds. The fourth-order valence-corrected chi connectivity index (χ4v) is 2.90. The molecule has 0 saturated carbocycles. The summed E-state index contributed by atoms with van der Waals surface area (Å²) in [6.45, 7) is 4.26. The van der Waals surface area contributed by atoms with Crippen molar-refractivity contribution in [1.29, 1.82) is 0 Å². The van der Waals surface area contributed by atoms with Crippen LogP contribution in [0.25, 0.3) is 10.9 Å². The molecule has 2 N–H and O–H groups in total. The van der Waals surface area contributed by atoms with Crippen LogP contribution in [-0.2, 0) is 0 Å². The van der Waals surface area contributed by atoms with E-state index in [4.69, 9.17) is 16.7 Å². The minimum absolute atomic E-state index is 0.0401. The van der Waals surface area contributed by atoms with E-state index in [2.05, 4.69) is 47.3 Å². The average Bonchev–Trinajstić information content (AvgIpc) is 2.95. The average molecular weight is 356 g/mol. The molecular weight excluding hydrogens is 338 g/mol. The number of carbonyl (C=O) groups is 1. The molecule has 0 unspecified atom stereocenters. The number of halogens is 1. The first kappa shape index (κ1) is 17.0. The quantitative estimate of drug-likeness (QED) is 0.499. The molecule has 0 bridgehead atoms. The Morgan fingerprint density at radius 2 is 2.04 bits per heavy atom. The van der Waals surface area contributed by atoms with E-state index in [1.165, 1.54) is 12.1 Å². The largest absolute Gasteiger partial charge is 0.478 e. The van der Waals surface area contributed by atoms with E-state index in [1.807, 2.05) is 12.1 Å². The molecule has 0 aliphatic carbocycles. The highest BCUT2D eigenvalue weighted by Gasteiger charge is 2.10. The van der Waals surface area contributed by atoms with E-state index >= 15 is 0 Å². The topological polar surface area (TPSA) is 66.6 Å². The molecule has 1 heterocycles. The van der Waals surface area contributed by atoms with Crippen molar-refractivity contribution in [2.24, 2.45) is 5.10 Å². The standard InChI is InChI=1S/C19H18ClN3O2/c1-12(2)23-11-13(15-5-3-4-6-18(15)23)10-21-22-14-7-8-17(20)16(9-14)19(24)25/h3-12,22H,1-2H3,(H,24,25). The molecule has 0 radical (unpaired) electrons. The SMILES string of the molecule is CC(C)n1cc(C=NNc2ccc(Cl)c(C(=O)O)c2)c2ccccc21. The van der Waals surface area contributed by atoms with Crippen LogP contribution in [0, 0.1) is 0 Å². The van der Waals surface area contributed by atoms with Gasteiger partial charge in [-0.3, -0.25) is 5.43 Å². The second-order valence-electron chi connectivity index (χ2n) is 5.97. The minimum Gasteiger partial charge on any atom is -0.478 e. The predicted molar refractivity (Wildman–Crippen MR) is 102 cm³/mol. The van der Waals surface area contributed by atoms with Crippen molar-refractivity contribution >= 4 is 40.4 Å². The molecule has 2 aromatic carbocycles. The highest BCUT2D eigenvalue weighted by atomic mass is 35.5. The number of aromatic nitrogens is 1. The maximum absolute atomic E-state index is 11.1. The van der Waals surface area contributed by atoms with Gasteiger partial charge in [-0.05, 0) is 38.1 Å². The van der Waals surface area contributed by atoms with E-state index in [0.717, 1.165) is 16.5 Å². The molecule has 0 saturated heterocycles. The van der Waals surface area contributed by atoms with Crippen LogP contribution >= 0.6 is 11.6 Å². The van der Waals surface area contributed by atoms with Gasteiger partial charge < -0.3 is 9.67 Å². The third-order valence-electron chi connectivity index (χ3n) is 3.92. The summed E-state index contributed by atoms with van der Waals surface area (Å²) >= 11 is 5.87. The summed E-state index contributed by atoms with van der Waals surface area (Å²) in [5.74, 6) is -1.07. The van der Waals surface area contributed by atoms with E-state index in [1.54, 1.807) is 12.3 Å². The summed E-state index contributed by atoms with van der Waals surface area (Å²) in [6, 6.07) is 13.2. The predicted octanol–water partition coefficient (Wildman–Crippen LogP) is 5.02. The smallest absolute Gasteiger partial charge is 0.337 e. The van der Waals surface area contributed by atoms with Crippen LogP contribution in [0.1, 0.15) is 35.8 Å². The number of rotatable bonds is 5. The zero-order valence-electron chi connectivity index (χ0n) is 13.9. The van der Waals surface area contributed by atoms with Crippen molar-refractivity contribution in [1.82, 2.24) is 4.57 Å². The van der Waals surface area contributed by atoms with Crippen molar-refractivity contribution in [3.8, 4) is 0 Å². The minimum atomic E-state index is -1.07. The zero-order valence-corrected chi connectivity index (χ0v) is 14.7. The number of anilines is 1. The summed E-state index contributed by atoms with van der Waals surface area (Å²) in [5.41, 5.74) is 5.60. The number of benzene rings is 2. The van der Waals surface area contributed by atoms with Gasteiger partial charge in [-0.15, -0.1) is 0 Å². The van der Waals surface area contributed by atoms with Gasteiger partial charge in [0.1, 0.15) is 0 Å². The maximum Gasteiger partial charge on any atom is 0.337 e. The van der Waals surface area contributed by atoms with Crippen molar-refractivity contribution in [3.05, 3.63) is 64.8 Å². The van der Waals surface area contributed by atoms with Gasteiger partial charge in [-0.1, -0.05) is 29.8 Å². The fourth-order valence-electron chi connectivity index (χ4n) is 2.70. The number of hydrogen-bond donors (Lipinski definition) is 2. The van der Waals surface area contributed by atoms with Gasteiger partial charge in [0, 0.05) is 28.7 Å². The van der Waals surface area contributed by atoms with Crippen LogP contribution in [0.4, 0.5) is 5.69 Å². The van der Waals surface area contributed by atoms with E-state index in [9.17, 15) is 4.79 Å². The number of nitrogens with zero attached hydrogens (tertiary/aromatic N) is 2. The summed E-state index contributed by atoms with van der Waals surface area (Å²) in [4.78, 5) is 11.1. The Labute approximate surface area is 150 Å². The molecule has 5 nitrogen and oxygen atoms in total. The highest BCUT2D eigenvalue weighted by Crippen LogP contribution is 2.24. The molecule has 0 aliphatic heterocycles. The zero-order chi connectivity index (χ0) is 18.0. The summed E-state index contributed by atoms with van der Waals surface area (Å²) < 4.78 is 2.20. The molecule has 1 aromatic heterocycles. The summed E-state index contributed by atoms with van der Waals surface area (Å²) in [6.07, 6.45) is 3.79. The fraction of sp³-hybridized carbons (Fsp3) is 0.158. The first-order valence-electron chi connectivity index (χ1n) is 7.89. The lowest BCUT2D eigenvalue weighted by molar-refractivity contribution is 0.0697. The summed E-state index contributed by atoms with van der Waals surface area (Å²) in [5, 5.41) is 14.7. The number of carboxylic acids is 1. The number of hydrogen-bond acceptors (Lipinski definition) is 3. The number of para-hydroxylation sites is 1. The van der Waals surface area contributed by atoms with Gasteiger partial charge >= 0.3 is 5.97 Å². The number of nitrogens with one attached hydrogen (secondary N) is 1. The second kappa shape index (κ2) is 6.99. The van der Waals surface area contributed by atoms with Gasteiger partial charge in [0.25, 0.3) is 0 Å². The molecule has 128 valence electrons. The number of aromatic carboxylic acids is 1. The van der Waals surface area contributed by atoms with Gasteiger partial charge in [0.15, 0.2) is 0 Å². The Bertz CT molecular complexity index is 960. The molecule has 0 spiro atoms. The molecule has 25 heavy (non-hydrogen) atoms. The number of fused-ring (bicyclic) bond motifs is 1. The normalized spacial score (nSPS) is 11.5. The van der Waals surface area contributed by atoms with Crippen molar-refractivity contribution in [2.75, 3.05) is 5.43 Å². The molecule has 3 rings (SSSR count). The van der Waals surface area contributed by atoms with Crippen LogP contribution in [0.15, 0.2) is 53.8 Å². The van der Waals surface area contributed by atoms with Gasteiger partial charge in [-0.2, -0.15) is 5.10 Å². The van der Waals surface area contributed by atoms with Crippen molar-refractivity contribution in [2.45, 2.75) is 19.9 Å². The molecule has 0 atom stereocenters. The Balaban J connectivity index is 1.87. The molecule has 0 aliphatic rings. The van der Waals surface area contributed by atoms with Crippen molar-refractivity contribution < 1.29 is 9.90 Å². The second-order valence-corrected chi connectivity index (χ2v) is 6.38. The Morgan fingerprint density at radius 3 is 2.76 bits per heavy atom. The van der Waals surface area contributed by atoms with Crippen LogP contribution in [-0.4, -0.2) is 21.9 Å². The lowest BCUT2D eigenvalue weighted by Gasteiger charge is -2.08. The highest BCUT2D eigenvalue weighted by molar-refractivity contribution is 6.33. The van der Waals surface area contributed by atoms with Crippen LogP contribution < -0.4 is 5.43 Å². The number of carboxylic acid groups (broad SMARTS) is 1. The van der Waals surface area contributed by atoms with Crippen molar-refractivity contribution in [3.63, 3.8) is 0 Å². The number of hydrazone groups is 1. The molecule has 6 heteroatoms. The lowest BCUT2D eigenvalue weighted by atomic mass is 10.2. The van der Waals surface area contributed by atoms with Gasteiger partial charge in [-0.25, -0.2) is 4.79 Å². The van der Waals surface area contributed by atoms with Crippen LogP contribution in [0.2, 0.25) is 5.02 Å². The Kier molecular flexibility index (Phi) is 4.76. The van der Waals surface area contributed by atoms with Crippen LogP contribution in [0.5, 0.6) is 0 Å². The summed E-state index contributed by atoms with van der Waals surface area (Å²) in [7, 11) is 0. The lowest BCUT2D eigenvalue weighted by Crippen LogP contribution is -1.99. The molecule has 3 aromatic rings. The van der Waals surface area contributed by atoms with E-state index in [0.29, 0.717) is 11.7 Å². The molecular formula is C19H18ClN3O2. The molecule has 0 fully saturated rings. The maximum atomic E-state index is 11.1. The van der Waals surface area contributed by atoms with E-state index < -0.39 is 5.97 Å². The Hall–Kier alpha value is -2.79. The third kappa shape index (κ3) is 3.51. The van der Waals surface area contributed by atoms with Gasteiger partial charge in [0.2, 0.25) is 0 Å². The first-order chi connectivity index (χ1) is 12.0. The first-order valence-corrected chi connectivity index (χ1v) is 8.26. The van der Waals surface area contributed by atoms with E-state index in [-0.39, 0.29) is 10.6 Å².